The third kappa shape index (κ3) is 3.88. The molecule has 0 heterocycles. The van der Waals surface area contributed by atoms with Gasteiger partial charge in [-0.25, -0.2) is 8.42 Å². The van der Waals surface area contributed by atoms with Crippen LogP contribution in [0.25, 0.3) is 0 Å². The number of sulfone groups is 1. The van der Waals surface area contributed by atoms with Gasteiger partial charge in [-0.1, -0.05) is 12.5 Å². The number of hydrogen-bond acceptors (Lipinski definition) is 4. The quantitative estimate of drug-likeness (QED) is 0.927. The lowest BCUT2D eigenvalue weighted by Crippen LogP contribution is -2.34. The first-order chi connectivity index (χ1) is 9.36. The molecule has 2 atom stereocenters. The van der Waals surface area contributed by atoms with Crippen molar-refractivity contribution in [2.75, 3.05) is 30.6 Å². The van der Waals surface area contributed by atoms with Gasteiger partial charge in [0.2, 0.25) is 0 Å². The Labute approximate surface area is 122 Å². The van der Waals surface area contributed by atoms with E-state index < -0.39 is 9.84 Å². The van der Waals surface area contributed by atoms with Crippen molar-refractivity contribution in [3.8, 4) is 0 Å². The van der Waals surface area contributed by atoms with E-state index >= 15 is 0 Å². The first kappa shape index (κ1) is 15.2. The second-order valence-electron chi connectivity index (χ2n) is 5.90. The summed E-state index contributed by atoms with van der Waals surface area (Å²) < 4.78 is 23.4. The van der Waals surface area contributed by atoms with Crippen molar-refractivity contribution in [2.45, 2.75) is 37.0 Å². The highest BCUT2D eigenvalue weighted by atomic mass is 32.2. The molecule has 2 rings (SSSR count). The average Bonchev–Trinajstić information content (AvgIpc) is 2.38. The van der Waals surface area contributed by atoms with Crippen LogP contribution in [0.15, 0.2) is 24.3 Å². The molecular formula is C15H24N2O2S. The summed E-state index contributed by atoms with van der Waals surface area (Å²) in [6.07, 6.45) is 4.88. The summed E-state index contributed by atoms with van der Waals surface area (Å²) in [4.78, 5) is 2.06. The first-order valence-corrected chi connectivity index (χ1v) is 9.04. The minimum Gasteiger partial charge on any atom is -0.382 e. The van der Waals surface area contributed by atoms with E-state index in [9.17, 15) is 8.42 Å². The SMILES string of the molecule is CN(C)c1cccc(NC2CCCC(S(C)(=O)=O)C2)c1. The van der Waals surface area contributed by atoms with Gasteiger partial charge in [-0.05, 0) is 37.5 Å². The molecule has 1 saturated carbocycles. The predicted molar refractivity (Wildman–Crippen MR) is 85.3 cm³/mol. The van der Waals surface area contributed by atoms with E-state index in [1.807, 2.05) is 26.2 Å². The summed E-state index contributed by atoms with van der Waals surface area (Å²) in [6, 6.07) is 8.47. The van der Waals surface area contributed by atoms with E-state index in [0.29, 0.717) is 6.42 Å². The topological polar surface area (TPSA) is 49.4 Å². The van der Waals surface area contributed by atoms with Crippen molar-refractivity contribution in [2.24, 2.45) is 0 Å². The summed E-state index contributed by atoms with van der Waals surface area (Å²) in [7, 11) is 1.11. The molecule has 0 amide bonds. The van der Waals surface area contributed by atoms with E-state index in [4.69, 9.17) is 0 Å². The first-order valence-electron chi connectivity index (χ1n) is 7.09. The minimum absolute atomic E-state index is 0.189. The number of anilines is 2. The van der Waals surface area contributed by atoms with Gasteiger partial charge < -0.3 is 10.2 Å². The van der Waals surface area contributed by atoms with Crippen LogP contribution in [0.3, 0.4) is 0 Å². The summed E-state index contributed by atoms with van der Waals surface area (Å²) in [5, 5.41) is 3.30. The second kappa shape index (κ2) is 6.04. The van der Waals surface area contributed by atoms with Crippen LogP contribution in [0.2, 0.25) is 0 Å². The van der Waals surface area contributed by atoms with Gasteiger partial charge in [-0.2, -0.15) is 0 Å². The van der Waals surface area contributed by atoms with Crippen molar-refractivity contribution < 1.29 is 8.42 Å². The Morgan fingerprint density at radius 2 is 2.00 bits per heavy atom. The zero-order chi connectivity index (χ0) is 14.8. The van der Waals surface area contributed by atoms with E-state index in [1.54, 1.807) is 0 Å². The lowest BCUT2D eigenvalue weighted by atomic mass is 9.94. The minimum atomic E-state index is -2.92. The molecule has 0 radical (unpaired) electrons. The molecule has 1 fully saturated rings. The monoisotopic (exact) mass is 296 g/mol. The van der Waals surface area contributed by atoms with Crippen LogP contribution in [0.5, 0.6) is 0 Å². The summed E-state index contributed by atoms with van der Waals surface area (Å²) in [5.41, 5.74) is 2.21. The van der Waals surface area contributed by atoms with Gasteiger partial charge >= 0.3 is 0 Å². The molecular weight excluding hydrogens is 272 g/mol. The zero-order valence-corrected chi connectivity index (χ0v) is 13.3. The van der Waals surface area contributed by atoms with E-state index in [-0.39, 0.29) is 11.3 Å². The molecule has 5 heteroatoms. The average molecular weight is 296 g/mol. The fourth-order valence-corrected chi connectivity index (χ4v) is 3.95. The van der Waals surface area contributed by atoms with Gasteiger partial charge in [0.15, 0.2) is 0 Å². The van der Waals surface area contributed by atoms with Crippen LogP contribution in [-0.2, 0) is 9.84 Å². The molecule has 1 aliphatic rings. The molecule has 1 aromatic carbocycles. The molecule has 1 aliphatic carbocycles. The molecule has 0 aromatic heterocycles. The van der Waals surface area contributed by atoms with Crippen LogP contribution in [0.4, 0.5) is 11.4 Å². The lowest BCUT2D eigenvalue weighted by molar-refractivity contribution is 0.453. The molecule has 0 aliphatic heterocycles. The molecule has 1 N–H and O–H groups in total. The van der Waals surface area contributed by atoms with Crippen LogP contribution >= 0.6 is 0 Å². The van der Waals surface area contributed by atoms with Crippen molar-refractivity contribution in [1.82, 2.24) is 0 Å². The molecule has 0 spiro atoms. The van der Waals surface area contributed by atoms with Crippen LogP contribution in [0.1, 0.15) is 25.7 Å². The third-order valence-electron chi connectivity index (χ3n) is 3.96. The fraction of sp³-hybridized carbons (Fsp3) is 0.600. The number of hydrogen-bond donors (Lipinski definition) is 1. The molecule has 4 nitrogen and oxygen atoms in total. The second-order valence-corrected chi connectivity index (χ2v) is 8.23. The van der Waals surface area contributed by atoms with Crippen LogP contribution in [-0.4, -0.2) is 40.1 Å². The van der Waals surface area contributed by atoms with Crippen molar-refractivity contribution in [3.63, 3.8) is 0 Å². The Balaban J connectivity index is 2.04. The van der Waals surface area contributed by atoms with Crippen molar-refractivity contribution >= 4 is 21.2 Å². The Bertz CT molecular complexity index is 555. The summed E-state index contributed by atoms with van der Waals surface area (Å²) in [6.45, 7) is 0. The van der Waals surface area contributed by atoms with Crippen molar-refractivity contribution in [1.29, 1.82) is 0 Å². The van der Waals surface area contributed by atoms with Crippen LogP contribution in [0, 0.1) is 0 Å². The Morgan fingerprint density at radius 3 is 2.65 bits per heavy atom. The zero-order valence-electron chi connectivity index (χ0n) is 12.5. The number of rotatable bonds is 4. The summed E-state index contributed by atoms with van der Waals surface area (Å²) >= 11 is 0. The maximum Gasteiger partial charge on any atom is 0.150 e. The van der Waals surface area contributed by atoms with Gasteiger partial charge in [0.25, 0.3) is 0 Å². The maximum absolute atomic E-state index is 11.7. The largest absolute Gasteiger partial charge is 0.382 e. The van der Waals surface area contributed by atoms with Crippen LogP contribution < -0.4 is 10.2 Å². The van der Waals surface area contributed by atoms with E-state index in [1.165, 1.54) is 6.26 Å². The van der Waals surface area contributed by atoms with E-state index in [2.05, 4.69) is 22.3 Å². The highest BCUT2D eigenvalue weighted by Gasteiger charge is 2.28. The highest BCUT2D eigenvalue weighted by molar-refractivity contribution is 7.91. The third-order valence-corrected chi connectivity index (χ3v) is 5.60. The molecule has 20 heavy (non-hydrogen) atoms. The Kier molecular flexibility index (Phi) is 4.58. The maximum atomic E-state index is 11.7. The molecule has 0 saturated heterocycles. The molecule has 1 aromatic rings. The smallest absolute Gasteiger partial charge is 0.150 e. The van der Waals surface area contributed by atoms with Gasteiger partial charge in [-0.15, -0.1) is 0 Å². The normalized spacial score (nSPS) is 23.4. The number of benzene rings is 1. The lowest BCUT2D eigenvalue weighted by Gasteiger charge is -2.29. The number of nitrogens with one attached hydrogen (secondary N) is 1. The van der Waals surface area contributed by atoms with Gasteiger partial charge in [0.1, 0.15) is 9.84 Å². The molecule has 112 valence electrons. The fourth-order valence-electron chi connectivity index (χ4n) is 2.77. The highest BCUT2D eigenvalue weighted by Crippen LogP contribution is 2.27. The number of nitrogens with zero attached hydrogens (tertiary/aromatic N) is 1. The van der Waals surface area contributed by atoms with Crippen molar-refractivity contribution in [3.05, 3.63) is 24.3 Å². The Morgan fingerprint density at radius 1 is 1.25 bits per heavy atom. The van der Waals surface area contributed by atoms with Gasteiger partial charge in [0, 0.05) is 37.8 Å². The Hall–Kier alpha value is -1.23. The molecule has 0 bridgehead atoms. The standard InChI is InChI=1S/C15H24N2O2S/c1-17(2)14-8-4-6-12(10-14)16-13-7-5-9-15(11-13)20(3,18)19/h4,6,8,10,13,15-16H,5,7,9,11H2,1-3H3. The van der Waals surface area contributed by atoms with Gasteiger partial charge in [-0.3, -0.25) is 0 Å². The van der Waals surface area contributed by atoms with Gasteiger partial charge in [0.05, 0.1) is 5.25 Å². The van der Waals surface area contributed by atoms with E-state index in [0.717, 1.165) is 30.6 Å². The molecule has 2 unspecified atom stereocenters. The predicted octanol–water partition coefficient (Wildman–Crippen LogP) is 2.52. The summed E-state index contributed by atoms with van der Waals surface area (Å²) in [5.74, 6) is 0.